The number of hydrogen-bond donors (Lipinski definition) is 0. The molecule has 0 aliphatic carbocycles. The number of carbonyl (C=O) groups excluding carboxylic acids is 1. The molecule has 1 saturated heterocycles. The Morgan fingerprint density at radius 3 is 3.05 bits per heavy atom. The minimum Gasteiger partial charge on any atom is -0.451 e. The monoisotopic (exact) mass is 321 g/mol. The number of fused-ring (bicyclic) bond motifs is 1. The fourth-order valence-electron chi connectivity index (χ4n) is 2.66. The zero-order valence-corrected chi connectivity index (χ0v) is 12.4. The van der Waals surface area contributed by atoms with Gasteiger partial charge in [-0.15, -0.1) is 0 Å². The Balaban J connectivity index is 1.91. The first kappa shape index (κ1) is 12.7. The summed E-state index contributed by atoms with van der Waals surface area (Å²) in [6.45, 7) is 3.85. The van der Waals surface area contributed by atoms with Crippen molar-refractivity contribution in [3.05, 3.63) is 34.5 Å². The van der Waals surface area contributed by atoms with Gasteiger partial charge in [-0.2, -0.15) is 0 Å². The number of halogens is 1. The van der Waals surface area contributed by atoms with Gasteiger partial charge in [0.15, 0.2) is 5.76 Å². The van der Waals surface area contributed by atoms with Crippen LogP contribution in [-0.4, -0.2) is 23.9 Å². The van der Waals surface area contributed by atoms with E-state index in [9.17, 15) is 4.79 Å². The largest absolute Gasteiger partial charge is 0.451 e. The van der Waals surface area contributed by atoms with Crippen molar-refractivity contribution < 1.29 is 9.21 Å². The van der Waals surface area contributed by atoms with Crippen molar-refractivity contribution in [3.8, 4) is 0 Å². The summed E-state index contributed by atoms with van der Waals surface area (Å²) < 4.78 is 6.64. The summed E-state index contributed by atoms with van der Waals surface area (Å²) >= 11 is 3.48. The van der Waals surface area contributed by atoms with E-state index in [1.165, 1.54) is 6.42 Å². The van der Waals surface area contributed by atoms with Crippen molar-refractivity contribution in [1.82, 2.24) is 4.90 Å². The van der Waals surface area contributed by atoms with Crippen LogP contribution in [0.15, 0.2) is 33.2 Å². The number of nitrogens with zero attached hydrogens (tertiary/aromatic N) is 1. The minimum atomic E-state index is 0.00894. The molecule has 2 heterocycles. The average molecular weight is 322 g/mol. The molecule has 0 bridgehead atoms. The maximum absolute atomic E-state index is 12.4. The molecule has 0 spiro atoms. The zero-order valence-electron chi connectivity index (χ0n) is 10.9. The van der Waals surface area contributed by atoms with Crippen LogP contribution in [-0.2, 0) is 0 Å². The number of rotatable bonds is 1. The van der Waals surface area contributed by atoms with Crippen molar-refractivity contribution in [2.75, 3.05) is 13.1 Å². The number of benzene rings is 1. The summed E-state index contributed by atoms with van der Waals surface area (Å²) in [6.07, 6.45) is 2.28. The van der Waals surface area contributed by atoms with Crippen LogP contribution in [0.4, 0.5) is 0 Å². The van der Waals surface area contributed by atoms with Crippen LogP contribution in [0.1, 0.15) is 30.3 Å². The number of furan rings is 1. The van der Waals surface area contributed by atoms with Crippen molar-refractivity contribution in [3.63, 3.8) is 0 Å². The molecule has 1 aromatic carbocycles. The molecule has 0 radical (unpaired) electrons. The quantitative estimate of drug-likeness (QED) is 0.793. The van der Waals surface area contributed by atoms with E-state index in [0.717, 1.165) is 35.0 Å². The number of piperidine rings is 1. The fourth-order valence-corrected chi connectivity index (χ4v) is 3.12. The molecule has 19 heavy (non-hydrogen) atoms. The van der Waals surface area contributed by atoms with Crippen molar-refractivity contribution >= 4 is 32.8 Å². The minimum absolute atomic E-state index is 0.00894. The third-order valence-corrected chi connectivity index (χ3v) is 4.35. The molecular weight excluding hydrogens is 306 g/mol. The Kier molecular flexibility index (Phi) is 3.35. The first-order valence-corrected chi connectivity index (χ1v) is 7.42. The third kappa shape index (κ3) is 2.41. The average Bonchev–Trinajstić information content (AvgIpc) is 2.83. The molecule has 4 heteroatoms. The van der Waals surface area contributed by atoms with Gasteiger partial charge in [-0.1, -0.05) is 28.9 Å². The van der Waals surface area contributed by atoms with Crippen LogP contribution in [0, 0.1) is 5.92 Å². The first-order valence-electron chi connectivity index (χ1n) is 6.62. The summed E-state index contributed by atoms with van der Waals surface area (Å²) in [5, 5.41) is 0.955. The normalized spacial score (nSPS) is 19.9. The standard InChI is InChI=1S/C15H16BrNO2/c1-10-4-3-7-17(9-10)15(18)14-8-11-12(16)5-2-6-13(11)19-14/h2,5-6,8,10H,3-4,7,9H2,1H3. The summed E-state index contributed by atoms with van der Waals surface area (Å²) in [7, 11) is 0. The Morgan fingerprint density at radius 1 is 1.47 bits per heavy atom. The fraction of sp³-hybridized carbons (Fsp3) is 0.400. The van der Waals surface area contributed by atoms with Crippen molar-refractivity contribution in [1.29, 1.82) is 0 Å². The molecular formula is C15H16BrNO2. The van der Waals surface area contributed by atoms with Crippen LogP contribution in [0.25, 0.3) is 11.0 Å². The summed E-state index contributed by atoms with van der Waals surface area (Å²) in [5.41, 5.74) is 0.753. The van der Waals surface area contributed by atoms with Gasteiger partial charge in [0.05, 0.1) is 0 Å². The molecule has 1 amide bonds. The van der Waals surface area contributed by atoms with Crippen LogP contribution >= 0.6 is 15.9 Å². The predicted octanol–water partition coefficient (Wildman–Crippen LogP) is 4.07. The molecule has 1 atom stereocenters. The third-order valence-electron chi connectivity index (χ3n) is 3.66. The molecule has 1 fully saturated rings. The van der Waals surface area contributed by atoms with E-state index in [4.69, 9.17) is 4.42 Å². The summed E-state index contributed by atoms with van der Waals surface area (Å²) in [6, 6.07) is 7.58. The van der Waals surface area contributed by atoms with Crippen molar-refractivity contribution in [2.45, 2.75) is 19.8 Å². The summed E-state index contributed by atoms with van der Waals surface area (Å²) in [5.74, 6) is 1.03. The van der Waals surface area contributed by atoms with E-state index >= 15 is 0 Å². The van der Waals surface area contributed by atoms with E-state index < -0.39 is 0 Å². The molecule has 1 unspecified atom stereocenters. The Labute approximate surface area is 120 Å². The molecule has 2 aromatic rings. The highest BCUT2D eigenvalue weighted by atomic mass is 79.9. The van der Waals surface area contributed by atoms with Gasteiger partial charge in [-0.3, -0.25) is 4.79 Å². The van der Waals surface area contributed by atoms with Crippen LogP contribution in [0.2, 0.25) is 0 Å². The van der Waals surface area contributed by atoms with Gasteiger partial charge in [0, 0.05) is 22.9 Å². The van der Waals surface area contributed by atoms with E-state index in [0.29, 0.717) is 11.7 Å². The van der Waals surface area contributed by atoms with Gasteiger partial charge in [0.25, 0.3) is 5.91 Å². The molecule has 0 saturated carbocycles. The molecule has 3 nitrogen and oxygen atoms in total. The van der Waals surface area contributed by atoms with E-state index in [1.807, 2.05) is 29.2 Å². The lowest BCUT2D eigenvalue weighted by Gasteiger charge is -2.30. The van der Waals surface area contributed by atoms with E-state index in [1.54, 1.807) is 0 Å². The number of hydrogen-bond acceptors (Lipinski definition) is 2. The lowest BCUT2D eigenvalue weighted by Crippen LogP contribution is -2.38. The van der Waals surface area contributed by atoms with E-state index in [-0.39, 0.29) is 5.91 Å². The SMILES string of the molecule is CC1CCCN(C(=O)c2cc3c(Br)cccc3o2)C1. The molecule has 0 N–H and O–H groups in total. The molecule has 1 aromatic heterocycles. The van der Waals surface area contributed by atoms with Crippen LogP contribution in [0.3, 0.4) is 0 Å². The molecule has 1 aliphatic heterocycles. The highest BCUT2D eigenvalue weighted by molar-refractivity contribution is 9.10. The number of likely N-dealkylation sites (tertiary alicyclic amines) is 1. The Morgan fingerprint density at radius 2 is 2.32 bits per heavy atom. The molecule has 100 valence electrons. The summed E-state index contributed by atoms with van der Waals surface area (Å²) in [4.78, 5) is 14.3. The van der Waals surface area contributed by atoms with Gasteiger partial charge >= 0.3 is 0 Å². The number of amides is 1. The van der Waals surface area contributed by atoms with E-state index in [2.05, 4.69) is 22.9 Å². The van der Waals surface area contributed by atoms with Crippen LogP contribution < -0.4 is 0 Å². The second-order valence-electron chi connectivity index (χ2n) is 5.26. The highest BCUT2D eigenvalue weighted by Crippen LogP contribution is 2.28. The second-order valence-corrected chi connectivity index (χ2v) is 6.12. The van der Waals surface area contributed by atoms with Gasteiger partial charge < -0.3 is 9.32 Å². The van der Waals surface area contributed by atoms with Gasteiger partial charge in [-0.25, -0.2) is 0 Å². The lowest BCUT2D eigenvalue weighted by atomic mass is 10.0. The topological polar surface area (TPSA) is 33.5 Å². The van der Waals surface area contributed by atoms with Gasteiger partial charge in [0.1, 0.15) is 5.58 Å². The Hall–Kier alpha value is -1.29. The first-order chi connectivity index (χ1) is 9.15. The number of carbonyl (C=O) groups is 1. The van der Waals surface area contributed by atoms with Crippen LogP contribution in [0.5, 0.6) is 0 Å². The maximum Gasteiger partial charge on any atom is 0.289 e. The van der Waals surface area contributed by atoms with Crippen molar-refractivity contribution in [2.24, 2.45) is 5.92 Å². The lowest BCUT2D eigenvalue weighted by molar-refractivity contribution is 0.0653. The second kappa shape index (κ2) is 5.00. The highest BCUT2D eigenvalue weighted by Gasteiger charge is 2.24. The van der Waals surface area contributed by atoms with Gasteiger partial charge in [0.2, 0.25) is 0 Å². The predicted molar refractivity (Wildman–Crippen MR) is 78.2 cm³/mol. The zero-order chi connectivity index (χ0) is 13.4. The van der Waals surface area contributed by atoms with Gasteiger partial charge in [-0.05, 0) is 37.0 Å². The Bertz CT molecular complexity index is 620. The molecule has 3 rings (SSSR count). The molecule has 1 aliphatic rings. The maximum atomic E-state index is 12.4. The smallest absolute Gasteiger partial charge is 0.289 e.